The summed E-state index contributed by atoms with van der Waals surface area (Å²) in [6.45, 7) is 4.10. The van der Waals surface area contributed by atoms with E-state index in [2.05, 4.69) is 54.0 Å². The van der Waals surface area contributed by atoms with Crippen LogP contribution in [0.5, 0.6) is 0 Å². The second-order valence-corrected chi connectivity index (χ2v) is 6.84. The first-order chi connectivity index (χ1) is 13.6. The predicted octanol–water partition coefficient (Wildman–Crippen LogP) is 6.45. The van der Waals surface area contributed by atoms with Gasteiger partial charge in [-0.25, -0.2) is 4.39 Å². The number of rotatable bonds is 3. The highest BCUT2D eigenvalue weighted by Crippen LogP contribution is 2.29. The van der Waals surface area contributed by atoms with Gasteiger partial charge in [0.05, 0.1) is 17.3 Å². The number of hydrogen-bond donors (Lipinski definition) is 0. The Bertz CT molecular complexity index is 1250. The molecule has 0 N–H and O–H groups in total. The zero-order valence-corrected chi connectivity index (χ0v) is 15.8. The van der Waals surface area contributed by atoms with E-state index >= 15 is 0 Å². The molecule has 0 aliphatic rings. The minimum atomic E-state index is -0.347. The maximum atomic E-state index is 13.6. The highest BCUT2D eigenvalue weighted by molar-refractivity contribution is 5.92. The molecule has 136 valence electrons. The van der Waals surface area contributed by atoms with Gasteiger partial charge in [-0.2, -0.15) is 5.26 Å². The zero-order valence-electron chi connectivity index (χ0n) is 15.8. The van der Waals surface area contributed by atoms with Gasteiger partial charge >= 0.3 is 0 Å². The quantitative estimate of drug-likeness (QED) is 0.383. The number of halogens is 1. The summed E-state index contributed by atoms with van der Waals surface area (Å²) >= 11 is 0. The van der Waals surface area contributed by atoms with Crippen LogP contribution in [0.1, 0.15) is 22.5 Å². The van der Waals surface area contributed by atoms with Crippen molar-refractivity contribution in [3.63, 3.8) is 0 Å². The summed E-state index contributed by atoms with van der Waals surface area (Å²) in [6.07, 6.45) is 1.83. The van der Waals surface area contributed by atoms with E-state index in [1.807, 2.05) is 25.1 Å². The van der Waals surface area contributed by atoms with Gasteiger partial charge in [-0.1, -0.05) is 48.5 Å². The van der Waals surface area contributed by atoms with E-state index < -0.39 is 0 Å². The summed E-state index contributed by atoms with van der Waals surface area (Å²) in [7, 11) is 0. The number of benzene rings is 3. The van der Waals surface area contributed by atoms with Gasteiger partial charge in [-0.3, -0.25) is 0 Å². The smallest absolute Gasteiger partial charge is 0.123 e. The fourth-order valence-corrected chi connectivity index (χ4v) is 3.70. The maximum Gasteiger partial charge on any atom is 0.123 e. The molecule has 0 atom stereocenters. The molecule has 0 aliphatic heterocycles. The molecule has 0 amide bonds. The summed E-state index contributed by atoms with van der Waals surface area (Å²) in [4.78, 5) is 0. The lowest BCUT2D eigenvalue weighted by Gasteiger charge is -2.13. The van der Waals surface area contributed by atoms with Crippen molar-refractivity contribution in [2.24, 2.45) is 0 Å². The van der Waals surface area contributed by atoms with Gasteiger partial charge in [0.15, 0.2) is 0 Å². The SMILES string of the molecule is Cc1cc(/C=C(/C#N)c2cccc(F)c2)c(C)n1-c1cccc2ccccc12. The van der Waals surface area contributed by atoms with Gasteiger partial charge in [0, 0.05) is 16.8 Å². The minimum absolute atomic E-state index is 0.347. The van der Waals surface area contributed by atoms with E-state index in [0.717, 1.165) is 22.6 Å². The van der Waals surface area contributed by atoms with Crippen molar-refractivity contribution in [3.05, 3.63) is 101 Å². The number of nitriles is 1. The molecule has 4 aromatic rings. The second-order valence-electron chi connectivity index (χ2n) is 6.84. The van der Waals surface area contributed by atoms with Gasteiger partial charge in [-0.15, -0.1) is 0 Å². The van der Waals surface area contributed by atoms with Crippen LogP contribution in [-0.2, 0) is 0 Å². The molecule has 1 aromatic heterocycles. The maximum absolute atomic E-state index is 13.6. The third kappa shape index (κ3) is 3.10. The number of allylic oxidation sites excluding steroid dienone is 1. The fraction of sp³-hybridized carbons (Fsp3) is 0.0800. The van der Waals surface area contributed by atoms with Crippen LogP contribution in [0.2, 0.25) is 0 Å². The van der Waals surface area contributed by atoms with Gasteiger partial charge < -0.3 is 4.57 Å². The molecule has 0 spiro atoms. The monoisotopic (exact) mass is 366 g/mol. The van der Waals surface area contributed by atoms with Crippen molar-refractivity contribution in [1.82, 2.24) is 4.57 Å². The van der Waals surface area contributed by atoms with Crippen molar-refractivity contribution < 1.29 is 4.39 Å². The Morgan fingerprint density at radius 2 is 1.71 bits per heavy atom. The van der Waals surface area contributed by atoms with Crippen molar-refractivity contribution in [3.8, 4) is 11.8 Å². The summed E-state index contributed by atoms with van der Waals surface area (Å²) in [6, 6.07) is 25.0. The van der Waals surface area contributed by atoms with E-state index in [1.54, 1.807) is 12.1 Å². The van der Waals surface area contributed by atoms with Gasteiger partial charge in [0.1, 0.15) is 5.82 Å². The topological polar surface area (TPSA) is 28.7 Å². The molecule has 0 saturated heterocycles. The molecule has 3 heteroatoms. The summed E-state index contributed by atoms with van der Waals surface area (Å²) in [5, 5.41) is 12.0. The highest BCUT2D eigenvalue weighted by Gasteiger charge is 2.13. The molecule has 0 radical (unpaired) electrons. The number of aryl methyl sites for hydroxylation is 1. The van der Waals surface area contributed by atoms with Crippen molar-refractivity contribution in [2.75, 3.05) is 0 Å². The molecule has 2 nitrogen and oxygen atoms in total. The van der Waals surface area contributed by atoms with E-state index in [4.69, 9.17) is 0 Å². The normalized spacial score (nSPS) is 11.6. The van der Waals surface area contributed by atoms with E-state index in [1.165, 1.54) is 22.9 Å². The van der Waals surface area contributed by atoms with Crippen LogP contribution in [-0.4, -0.2) is 4.57 Å². The molecule has 0 bridgehead atoms. The number of fused-ring (bicyclic) bond motifs is 1. The Kier molecular flexibility index (Phi) is 4.55. The van der Waals surface area contributed by atoms with Crippen LogP contribution in [0.15, 0.2) is 72.8 Å². The third-order valence-corrected chi connectivity index (χ3v) is 5.03. The Morgan fingerprint density at radius 3 is 2.50 bits per heavy atom. The Labute approximate surface area is 163 Å². The van der Waals surface area contributed by atoms with Gasteiger partial charge in [0.25, 0.3) is 0 Å². The molecule has 1 heterocycles. The number of hydrogen-bond acceptors (Lipinski definition) is 1. The van der Waals surface area contributed by atoms with Crippen molar-refractivity contribution in [1.29, 1.82) is 5.26 Å². The van der Waals surface area contributed by atoms with Crippen LogP contribution < -0.4 is 0 Å². The molecule has 0 unspecified atom stereocenters. The van der Waals surface area contributed by atoms with E-state index in [0.29, 0.717) is 11.1 Å². The third-order valence-electron chi connectivity index (χ3n) is 5.03. The highest BCUT2D eigenvalue weighted by atomic mass is 19.1. The Morgan fingerprint density at radius 1 is 0.964 bits per heavy atom. The van der Waals surface area contributed by atoms with Crippen LogP contribution in [0.3, 0.4) is 0 Å². The van der Waals surface area contributed by atoms with Crippen LogP contribution in [0.4, 0.5) is 4.39 Å². The second kappa shape index (κ2) is 7.17. The summed E-state index contributed by atoms with van der Waals surface area (Å²) < 4.78 is 15.8. The average molecular weight is 366 g/mol. The number of aromatic nitrogens is 1. The summed E-state index contributed by atoms with van der Waals surface area (Å²) in [5.41, 5.74) is 5.20. The Balaban J connectivity index is 1.87. The van der Waals surface area contributed by atoms with Gasteiger partial charge in [-0.05, 0) is 60.7 Å². The molecule has 0 aliphatic carbocycles. The lowest BCUT2D eigenvalue weighted by atomic mass is 10.0. The van der Waals surface area contributed by atoms with Crippen LogP contribution in [0, 0.1) is 31.0 Å². The summed E-state index contributed by atoms with van der Waals surface area (Å²) in [5.74, 6) is -0.347. The lowest BCUT2D eigenvalue weighted by Crippen LogP contribution is -2.00. The van der Waals surface area contributed by atoms with Crippen LogP contribution >= 0.6 is 0 Å². The molecule has 0 fully saturated rings. The van der Waals surface area contributed by atoms with Gasteiger partial charge in [0.2, 0.25) is 0 Å². The average Bonchev–Trinajstić information content (AvgIpc) is 2.98. The standard InChI is InChI=1S/C25H19FN2/c1-17-13-21(14-22(16-27)20-9-5-10-23(26)15-20)18(2)28(17)25-12-6-8-19-7-3-4-11-24(19)25/h3-15H,1-2H3/b22-14-. The molecule has 4 rings (SSSR count). The fourth-order valence-electron chi connectivity index (χ4n) is 3.70. The zero-order chi connectivity index (χ0) is 19.7. The molecular formula is C25H19FN2. The Hall–Kier alpha value is -3.64. The molecular weight excluding hydrogens is 347 g/mol. The van der Waals surface area contributed by atoms with Crippen molar-refractivity contribution >= 4 is 22.4 Å². The minimum Gasteiger partial charge on any atom is -0.317 e. The predicted molar refractivity (Wildman–Crippen MR) is 113 cm³/mol. The van der Waals surface area contributed by atoms with Crippen LogP contribution in [0.25, 0.3) is 28.1 Å². The van der Waals surface area contributed by atoms with E-state index in [-0.39, 0.29) is 5.82 Å². The molecule has 28 heavy (non-hydrogen) atoms. The first kappa shape index (κ1) is 17.8. The van der Waals surface area contributed by atoms with Crippen molar-refractivity contribution in [2.45, 2.75) is 13.8 Å². The molecule has 3 aromatic carbocycles. The van der Waals surface area contributed by atoms with E-state index in [9.17, 15) is 9.65 Å². The largest absolute Gasteiger partial charge is 0.317 e. The number of nitrogens with zero attached hydrogens (tertiary/aromatic N) is 2. The first-order valence-corrected chi connectivity index (χ1v) is 9.13. The molecule has 0 saturated carbocycles. The first-order valence-electron chi connectivity index (χ1n) is 9.13. The lowest BCUT2D eigenvalue weighted by molar-refractivity contribution is 0.627.